The summed E-state index contributed by atoms with van der Waals surface area (Å²) < 4.78 is 25.6. The Kier molecular flexibility index (Phi) is 5.92. The number of rotatable bonds is 5. The third kappa shape index (κ3) is 4.53. The molecule has 2 aromatic rings. The lowest BCUT2D eigenvalue weighted by Gasteiger charge is -2.17. The lowest BCUT2D eigenvalue weighted by atomic mass is 10.0. The molecule has 3 rings (SSSR count). The molecule has 4 nitrogen and oxygen atoms in total. The fraction of sp³-hybridized carbons (Fsp3) is 0.381. The lowest BCUT2D eigenvalue weighted by Crippen LogP contribution is -2.32. The molecule has 2 aromatic carbocycles. The van der Waals surface area contributed by atoms with Crippen LogP contribution in [0.25, 0.3) is 0 Å². The molecule has 0 spiro atoms. The Bertz CT molecular complexity index is 938. The number of likely N-dealkylation sites (tertiary alicyclic amines) is 1. The number of halogens is 1. The minimum atomic E-state index is -3.45. The largest absolute Gasteiger partial charge is 0.341 e. The first-order chi connectivity index (χ1) is 12.8. The van der Waals surface area contributed by atoms with Gasteiger partial charge in [-0.05, 0) is 67.6 Å². The van der Waals surface area contributed by atoms with Gasteiger partial charge in [-0.15, -0.1) is 0 Å². The van der Waals surface area contributed by atoms with E-state index < -0.39 is 15.1 Å². The van der Waals surface area contributed by atoms with Gasteiger partial charge in [-0.3, -0.25) is 4.79 Å². The number of hydrogen-bond donors (Lipinski definition) is 0. The second kappa shape index (κ2) is 8.03. The first-order valence-corrected chi connectivity index (χ1v) is 11.0. The number of amides is 1. The van der Waals surface area contributed by atoms with Crippen LogP contribution in [0.4, 0.5) is 0 Å². The Hall–Kier alpha value is -1.85. The molecule has 1 heterocycles. The molecule has 1 fully saturated rings. The summed E-state index contributed by atoms with van der Waals surface area (Å²) in [6.45, 7) is 4.88. The van der Waals surface area contributed by atoms with Crippen molar-refractivity contribution in [3.05, 3.63) is 64.2 Å². The summed E-state index contributed by atoms with van der Waals surface area (Å²) in [5.74, 6) is 0.0158. The van der Waals surface area contributed by atoms with E-state index in [0.717, 1.165) is 5.56 Å². The van der Waals surface area contributed by atoms with Crippen LogP contribution in [0.3, 0.4) is 0 Å². The minimum absolute atomic E-state index is 0.0158. The van der Waals surface area contributed by atoms with Crippen LogP contribution < -0.4 is 0 Å². The van der Waals surface area contributed by atoms with Gasteiger partial charge in [0, 0.05) is 24.5 Å². The molecular weight excluding hydrogens is 382 g/mol. The monoisotopic (exact) mass is 405 g/mol. The maximum atomic E-state index is 12.8. The molecule has 1 unspecified atom stereocenters. The van der Waals surface area contributed by atoms with Gasteiger partial charge in [0.25, 0.3) is 0 Å². The summed E-state index contributed by atoms with van der Waals surface area (Å²) in [6, 6.07) is 12.4. The Morgan fingerprint density at radius 1 is 1.11 bits per heavy atom. The molecule has 0 aromatic heterocycles. The minimum Gasteiger partial charge on any atom is -0.341 e. The molecule has 1 amide bonds. The van der Waals surface area contributed by atoms with E-state index in [1.165, 1.54) is 23.3 Å². The number of aryl methyl sites for hydroxylation is 3. The third-order valence-electron chi connectivity index (χ3n) is 5.28. The van der Waals surface area contributed by atoms with Crippen molar-refractivity contribution >= 4 is 27.3 Å². The zero-order valence-corrected chi connectivity index (χ0v) is 17.2. The van der Waals surface area contributed by atoms with Gasteiger partial charge in [-0.2, -0.15) is 0 Å². The van der Waals surface area contributed by atoms with E-state index in [0.29, 0.717) is 30.8 Å². The van der Waals surface area contributed by atoms with Crippen LogP contribution in [-0.4, -0.2) is 37.6 Å². The van der Waals surface area contributed by atoms with Crippen molar-refractivity contribution in [2.75, 3.05) is 13.1 Å². The van der Waals surface area contributed by atoms with Crippen molar-refractivity contribution in [1.29, 1.82) is 0 Å². The van der Waals surface area contributed by atoms with Crippen LogP contribution in [0.1, 0.15) is 29.5 Å². The summed E-state index contributed by atoms with van der Waals surface area (Å²) in [6.07, 6.45) is 1.54. The van der Waals surface area contributed by atoms with Gasteiger partial charge < -0.3 is 4.90 Å². The summed E-state index contributed by atoms with van der Waals surface area (Å²) in [5, 5.41) is -0.0484. The second-order valence-corrected chi connectivity index (χ2v) is 9.83. The van der Waals surface area contributed by atoms with Gasteiger partial charge in [-0.25, -0.2) is 8.42 Å². The van der Waals surface area contributed by atoms with Gasteiger partial charge in [0.05, 0.1) is 10.1 Å². The van der Waals surface area contributed by atoms with Gasteiger partial charge in [0.15, 0.2) is 9.84 Å². The Balaban J connectivity index is 1.60. The van der Waals surface area contributed by atoms with Crippen LogP contribution >= 0.6 is 11.6 Å². The quantitative estimate of drug-likeness (QED) is 0.756. The molecule has 0 N–H and O–H groups in total. The second-order valence-electron chi connectivity index (χ2n) is 7.17. The van der Waals surface area contributed by atoms with E-state index in [4.69, 9.17) is 11.6 Å². The molecule has 0 bridgehead atoms. The average Bonchev–Trinajstić information content (AvgIpc) is 3.14. The smallest absolute Gasteiger partial charge is 0.222 e. The molecule has 1 aliphatic rings. The van der Waals surface area contributed by atoms with Gasteiger partial charge >= 0.3 is 0 Å². The van der Waals surface area contributed by atoms with E-state index in [1.807, 2.05) is 6.07 Å². The number of hydrogen-bond acceptors (Lipinski definition) is 3. The maximum absolute atomic E-state index is 12.8. The molecule has 6 heteroatoms. The zero-order valence-electron chi connectivity index (χ0n) is 15.6. The van der Waals surface area contributed by atoms with E-state index in [-0.39, 0.29) is 17.3 Å². The van der Waals surface area contributed by atoms with Crippen LogP contribution in [0.2, 0.25) is 5.02 Å². The van der Waals surface area contributed by atoms with Crippen molar-refractivity contribution in [3.8, 4) is 0 Å². The number of carbonyl (C=O) groups is 1. The Morgan fingerprint density at radius 3 is 2.48 bits per heavy atom. The van der Waals surface area contributed by atoms with E-state index >= 15 is 0 Å². The number of carbonyl (C=O) groups excluding carboxylic acids is 1. The molecular formula is C21H24ClNO3S. The van der Waals surface area contributed by atoms with Crippen LogP contribution in [0.15, 0.2) is 47.4 Å². The maximum Gasteiger partial charge on any atom is 0.222 e. The zero-order chi connectivity index (χ0) is 19.6. The van der Waals surface area contributed by atoms with Gasteiger partial charge in [0.1, 0.15) is 0 Å². The lowest BCUT2D eigenvalue weighted by molar-refractivity contribution is -0.130. The average molecular weight is 406 g/mol. The van der Waals surface area contributed by atoms with E-state index in [2.05, 4.69) is 26.0 Å². The molecule has 1 atom stereocenters. The molecule has 0 radical (unpaired) electrons. The molecule has 27 heavy (non-hydrogen) atoms. The van der Waals surface area contributed by atoms with Crippen molar-refractivity contribution in [2.45, 2.75) is 43.3 Å². The normalized spacial score (nSPS) is 17.3. The topological polar surface area (TPSA) is 54.5 Å². The highest BCUT2D eigenvalue weighted by atomic mass is 35.5. The van der Waals surface area contributed by atoms with Crippen LogP contribution in [-0.2, 0) is 21.1 Å². The van der Waals surface area contributed by atoms with Crippen molar-refractivity contribution < 1.29 is 13.2 Å². The highest BCUT2D eigenvalue weighted by Crippen LogP contribution is 2.25. The molecule has 1 saturated heterocycles. The molecule has 144 valence electrons. The van der Waals surface area contributed by atoms with Crippen molar-refractivity contribution in [3.63, 3.8) is 0 Å². The van der Waals surface area contributed by atoms with Gasteiger partial charge in [-0.1, -0.05) is 29.8 Å². The first kappa shape index (κ1) is 19.9. The summed E-state index contributed by atoms with van der Waals surface area (Å²) in [7, 11) is -3.45. The fourth-order valence-corrected chi connectivity index (χ4v) is 5.21. The number of nitrogens with zero attached hydrogens (tertiary/aromatic N) is 1. The standard InChI is InChI=1S/C21H24ClNO3S/c1-15-3-4-17(13-16(15)2)5-10-21(24)23-12-11-20(14-23)27(25,26)19-8-6-18(22)7-9-19/h3-4,6-9,13,20H,5,10-12,14H2,1-2H3. The first-order valence-electron chi connectivity index (χ1n) is 9.11. The Morgan fingerprint density at radius 2 is 1.81 bits per heavy atom. The van der Waals surface area contributed by atoms with Crippen LogP contribution in [0, 0.1) is 13.8 Å². The van der Waals surface area contributed by atoms with Gasteiger partial charge in [0.2, 0.25) is 5.91 Å². The van der Waals surface area contributed by atoms with E-state index in [1.54, 1.807) is 17.0 Å². The highest BCUT2D eigenvalue weighted by Gasteiger charge is 2.35. The molecule has 1 aliphatic heterocycles. The third-order valence-corrected chi connectivity index (χ3v) is 7.72. The SMILES string of the molecule is Cc1ccc(CCC(=O)N2CCC(S(=O)(=O)c3ccc(Cl)cc3)C2)cc1C. The predicted molar refractivity (Wildman–Crippen MR) is 108 cm³/mol. The highest BCUT2D eigenvalue weighted by molar-refractivity contribution is 7.92. The summed E-state index contributed by atoms with van der Waals surface area (Å²) >= 11 is 5.84. The predicted octanol–water partition coefficient (Wildman–Crippen LogP) is 3.96. The number of benzene rings is 2. The number of sulfone groups is 1. The Labute approximate surface area is 166 Å². The molecule has 0 saturated carbocycles. The van der Waals surface area contributed by atoms with Crippen molar-refractivity contribution in [1.82, 2.24) is 4.90 Å². The van der Waals surface area contributed by atoms with Crippen LogP contribution in [0.5, 0.6) is 0 Å². The summed E-state index contributed by atoms with van der Waals surface area (Å²) in [5.41, 5.74) is 3.59. The van der Waals surface area contributed by atoms with E-state index in [9.17, 15) is 13.2 Å². The summed E-state index contributed by atoms with van der Waals surface area (Å²) in [4.78, 5) is 14.5. The molecule has 0 aliphatic carbocycles. The van der Waals surface area contributed by atoms with Crippen molar-refractivity contribution in [2.24, 2.45) is 0 Å². The fourth-order valence-electron chi connectivity index (χ4n) is 3.39.